The van der Waals surface area contributed by atoms with Crippen molar-refractivity contribution < 1.29 is 13.2 Å². The summed E-state index contributed by atoms with van der Waals surface area (Å²) in [5.41, 5.74) is 0.738. The van der Waals surface area contributed by atoms with E-state index < -0.39 is 9.84 Å². The van der Waals surface area contributed by atoms with Gasteiger partial charge in [0.15, 0.2) is 14.8 Å². The molecule has 4 rings (SSSR count). The highest BCUT2D eigenvalue weighted by atomic mass is 32.2. The lowest BCUT2D eigenvalue weighted by molar-refractivity contribution is -0.136. The van der Waals surface area contributed by atoms with Gasteiger partial charge >= 0.3 is 0 Å². The Morgan fingerprint density at radius 2 is 2.12 bits per heavy atom. The zero-order valence-corrected chi connectivity index (χ0v) is 15.1. The molecule has 0 aliphatic carbocycles. The zero-order valence-electron chi connectivity index (χ0n) is 13.5. The van der Waals surface area contributed by atoms with Gasteiger partial charge in [-0.1, -0.05) is 6.92 Å². The van der Waals surface area contributed by atoms with E-state index in [9.17, 15) is 13.2 Å². The molecule has 2 aliphatic rings. The fourth-order valence-corrected chi connectivity index (χ4v) is 6.58. The molecule has 130 valence electrons. The number of nitrogens with zero attached hydrogens (tertiary/aromatic N) is 4. The maximum atomic E-state index is 12.8. The number of carbonyl (C=O) groups is 1. The number of fused-ring (bicyclic) bond motifs is 2. The molecule has 0 aromatic carbocycles. The van der Waals surface area contributed by atoms with E-state index >= 15 is 0 Å². The minimum Gasteiger partial charge on any atom is -0.335 e. The average Bonchev–Trinajstić information content (AvgIpc) is 3.17. The molecule has 1 amide bonds. The van der Waals surface area contributed by atoms with E-state index in [2.05, 4.69) is 9.88 Å². The van der Waals surface area contributed by atoms with E-state index in [1.807, 2.05) is 29.1 Å². The quantitative estimate of drug-likeness (QED) is 0.777. The van der Waals surface area contributed by atoms with Gasteiger partial charge in [0.1, 0.15) is 0 Å². The Hall–Kier alpha value is -1.45. The van der Waals surface area contributed by atoms with Crippen molar-refractivity contribution in [2.24, 2.45) is 0 Å². The Labute approximate surface area is 144 Å². The smallest absolute Gasteiger partial charge is 0.229 e. The van der Waals surface area contributed by atoms with Gasteiger partial charge in [0.25, 0.3) is 0 Å². The predicted octanol–water partition coefficient (Wildman–Crippen LogP) is 0.268. The van der Waals surface area contributed by atoms with Crippen molar-refractivity contribution in [1.29, 1.82) is 0 Å². The summed E-state index contributed by atoms with van der Waals surface area (Å²) >= 11 is 1.53. The monoisotopic (exact) mass is 368 g/mol. The Bertz CT molecular complexity index is 844. The molecule has 7 nitrogen and oxygen atoms in total. The molecule has 2 aromatic rings. The lowest BCUT2D eigenvalue weighted by Gasteiger charge is -2.43. The molecule has 0 N–H and O–H groups in total. The largest absolute Gasteiger partial charge is 0.335 e. The van der Waals surface area contributed by atoms with Crippen LogP contribution in [0.3, 0.4) is 0 Å². The maximum absolute atomic E-state index is 12.8. The highest BCUT2D eigenvalue weighted by molar-refractivity contribution is 7.91. The molecule has 0 saturated carbocycles. The Morgan fingerprint density at radius 1 is 1.33 bits per heavy atom. The highest BCUT2D eigenvalue weighted by Gasteiger charge is 2.47. The summed E-state index contributed by atoms with van der Waals surface area (Å²) in [6.07, 6.45) is 4.01. The third kappa shape index (κ3) is 2.74. The number of aromatic nitrogens is 2. The van der Waals surface area contributed by atoms with Gasteiger partial charge in [-0.2, -0.15) is 0 Å². The molecule has 0 spiro atoms. The van der Waals surface area contributed by atoms with E-state index in [4.69, 9.17) is 0 Å². The summed E-state index contributed by atoms with van der Waals surface area (Å²) in [6.45, 7) is 4.18. The molecule has 24 heavy (non-hydrogen) atoms. The van der Waals surface area contributed by atoms with Crippen LogP contribution in [0.1, 0.15) is 12.6 Å². The van der Waals surface area contributed by atoms with Crippen molar-refractivity contribution in [2.75, 3.05) is 31.1 Å². The van der Waals surface area contributed by atoms with Gasteiger partial charge in [-0.05, 0) is 6.54 Å². The predicted molar refractivity (Wildman–Crippen MR) is 92.0 cm³/mol. The second-order valence-electron chi connectivity index (χ2n) is 6.43. The lowest BCUT2D eigenvalue weighted by atomic mass is 10.0. The van der Waals surface area contributed by atoms with Gasteiger partial charge in [0.05, 0.1) is 29.7 Å². The number of imidazole rings is 1. The third-order valence-electron chi connectivity index (χ3n) is 4.99. The Balaban J connectivity index is 1.54. The number of carbonyl (C=O) groups excluding carboxylic acids is 1. The molecular weight excluding hydrogens is 348 g/mol. The number of rotatable bonds is 3. The fourth-order valence-electron chi connectivity index (χ4n) is 3.84. The van der Waals surface area contributed by atoms with E-state index in [1.54, 1.807) is 4.90 Å². The average molecular weight is 368 g/mol. The first-order valence-corrected chi connectivity index (χ1v) is 10.8. The van der Waals surface area contributed by atoms with Crippen LogP contribution in [0.25, 0.3) is 4.96 Å². The van der Waals surface area contributed by atoms with Crippen LogP contribution >= 0.6 is 11.3 Å². The molecule has 4 heterocycles. The SMILES string of the molecule is CCN1CCN(C(=O)Cc2cn3ccsc3n2)C2CS(=O)(=O)CC21. The van der Waals surface area contributed by atoms with Crippen LogP contribution in [0.2, 0.25) is 0 Å². The molecule has 2 saturated heterocycles. The molecule has 0 bridgehead atoms. The van der Waals surface area contributed by atoms with Crippen LogP contribution in [0, 0.1) is 0 Å². The normalized spacial score (nSPS) is 26.8. The van der Waals surface area contributed by atoms with Crippen LogP contribution in [0.4, 0.5) is 0 Å². The standard InChI is InChI=1S/C15H20N4O3S2/c1-2-17-3-4-19(13-10-24(21,22)9-12(13)17)14(20)7-11-8-18-5-6-23-15(18)16-11/h5-6,8,12-13H,2-4,7,9-10H2,1H3. The molecule has 2 atom stereocenters. The summed E-state index contributed by atoms with van der Waals surface area (Å²) in [5.74, 6) is 0.219. The molecule has 2 unspecified atom stereocenters. The van der Waals surface area contributed by atoms with Crippen molar-refractivity contribution >= 4 is 32.0 Å². The van der Waals surface area contributed by atoms with E-state index in [0.717, 1.165) is 23.7 Å². The summed E-state index contributed by atoms with van der Waals surface area (Å²) in [7, 11) is -3.08. The second kappa shape index (κ2) is 5.82. The number of hydrogen-bond acceptors (Lipinski definition) is 6. The molecule has 9 heteroatoms. The Kier molecular flexibility index (Phi) is 3.89. The molecule has 2 fully saturated rings. The number of amides is 1. The van der Waals surface area contributed by atoms with Crippen LogP contribution in [0.5, 0.6) is 0 Å². The highest BCUT2D eigenvalue weighted by Crippen LogP contribution is 2.27. The maximum Gasteiger partial charge on any atom is 0.229 e. The van der Waals surface area contributed by atoms with Gasteiger partial charge in [-0.15, -0.1) is 11.3 Å². The van der Waals surface area contributed by atoms with Gasteiger partial charge < -0.3 is 4.90 Å². The number of piperazine rings is 1. The van der Waals surface area contributed by atoms with Gasteiger partial charge in [0, 0.05) is 36.9 Å². The van der Waals surface area contributed by atoms with Crippen molar-refractivity contribution in [3.8, 4) is 0 Å². The first-order valence-electron chi connectivity index (χ1n) is 8.12. The molecule has 2 aromatic heterocycles. The fraction of sp³-hybridized carbons (Fsp3) is 0.600. The van der Waals surface area contributed by atoms with Crippen molar-refractivity contribution in [1.82, 2.24) is 19.2 Å². The minimum absolute atomic E-state index is 0.0244. The second-order valence-corrected chi connectivity index (χ2v) is 9.46. The van der Waals surface area contributed by atoms with Gasteiger partial charge in [-0.3, -0.25) is 14.1 Å². The van der Waals surface area contributed by atoms with Crippen LogP contribution in [-0.2, 0) is 21.1 Å². The lowest BCUT2D eigenvalue weighted by Crippen LogP contribution is -2.60. The van der Waals surface area contributed by atoms with Crippen molar-refractivity contribution in [3.63, 3.8) is 0 Å². The van der Waals surface area contributed by atoms with E-state index in [-0.39, 0.29) is 35.9 Å². The van der Waals surface area contributed by atoms with E-state index in [1.165, 1.54) is 11.3 Å². The first-order chi connectivity index (χ1) is 11.5. The van der Waals surface area contributed by atoms with Crippen molar-refractivity contribution in [3.05, 3.63) is 23.5 Å². The van der Waals surface area contributed by atoms with Crippen molar-refractivity contribution in [2.45, 2.75) is 25.4 Å². The molecule has 2 aliphatic heterocycles. The summed E-state index contributed by atoms with van der Waals surface area (Å²) in [4.78, 5) is 22.1. The summed E-state index contributed by atoms with van der Waals surface area (Å²) in [5, 5.41) is 1.95. The summed E-state index contributed by atoms with van der Waals surface area (Å²) in [6, 6.07) is -0.289. The summed E-state index contributed by atoms with van der Waals surface area (Å²) < 4.78 is 26.1. The van der Waals surface area contributed by atoms with Gasteiger partial charge in [-0.25, -0.2) is 13.4 Å². The topological polar surface area (TPSA) is 75.0 Å². The van der Waals surface area contributed by atoms with Crippen LogP contribution in [-0.4, -0.2) is 76.7 Å². The first kappa shape index (κ1) is 16.0. The van der Waals surface area contributed by atoms with Gasteiger partial charge in [0.2, 0.25) is 5.91 Å². The minimum atomic E-state index is -3.08. The third-order valence-corrected chi connectivity index (χ3v) is 7.46. The number of likely N-dealkylation sites (N-methyl/N-ethyl adjacent to an activating group) is 1. The number of thiazole rings is 1. The molecular formula is C15H20N4O3S2. The Morgan fingerprint density at radius 3 is 2.88 bits per heavy atom. The van der Waals surface area contributed by atoms with E-state index in [0.29, 0.717) is 6.54 Å². The molecule has 0 radical (unpaired) electrons. The van der Waals surface area contributed by atoms with Crippen LogP contribution < -0.4 is 0 Å². The number of sulfone groups is 1. The zero-order chi connectivity index (χ0) is 16.9. The van der Waals surface area contributed by atoms with Crippen LogP contribution in [0.15, 0.2) is 17.8 Å². The number of hydrogen-bond donors (Lipinski definition) is 0.